The molecule has 5 heteroatoms. The lowest BCUT2D eigenvalue weighted by molar-refractivity contribution is -0.145. The molecule has 1 aromatic rings. The topological polar surface area (TPSA) is 64.6 Å². The molecule has 0 radical (unpaired) electrons. The molecule has 110 valence electrons. The second-order valence-electron chi connectivity index (χ2n) is 4.53. The highest BCUT2D eigenvalue weighted by Gasteiger charge is 2.22. The Balaban J connectivity index is 2.71. The van der Waals surface area contributed by atoms with E-state index in [4.69, 9.17) is 4.74 Å². The van der Waals surface area contributed by atoms with E-state index >= 15 is 0 Å². The number of hydrogen-bond acceptors (Lipinski definition) is 4. The molecule has 0 aromatic heterocycles. The zero-order valence-corrected chi connectivity index (χ0v) is 12.3. The SMILES string of the molecule is CCOc1cccc(C(=O)N[C@@H](C)C(C)C(=O)OC)c1. The van der Waals surface area contributed by atoms with Crippen LogP contribution in [-0.4, -0.2) is 31.6 Å². The molecule has 0 heterocycles. The van der Waals surface area contributed by atoms with Crippen LogP contribution in [0.25, 0.3) is 0 Å². The van der Waals surface area contributed by atoms with Crippen molar-refractivity contribution in [3.05, 3.63) is 29.8 Å². The number of benzene rings is 1. The molecule has 0 saturated carbocycles. The van der Waals surface area contributed by atoms with E-state index in [1.807, 2.05) is 6.92 Å². The minimum atomic E-state index is -0.404. The van der Waals surface area contributed by atoms with Crippen LogP contribution in [0.4, 0.5) is 0 Å². The second kappa shape index (κ2) is 7.53. The van der Waals surface area contributed by atoms with Crippen molar-refractivity contribution in [2.24, 2.45) is 5.92 Å². The van der Waals surface area contributed by atoms with Gasteiger partial charge in [0.05, 0.1) is 19.6 Å². The maximum Gasteiger partial charge on any atom is 0.310 e. The van der Waals surface area contributed by atoms with Crippen LogP contribution in [0.2, 0.25) is 0 Å². The van der Waals surface area contributed by atoms with Crippen molar-refractivity contribution in [2.75, 3.05) is 13.7 Å². The van der Waals surface area contributed by atoms with Crippen LogP contribution < -0.4 is 10.1 Å². The van der Waals surface area contributed by atoms with E-state index in [9.17, 15) is 9.59 Å². The summed E-state index contributed by atoms with van der Waals surface area (Å²) in [6, 6.07) is 6.61. The molecule has 1 amide bonds. The molecule has 0 aliphatic heterocycles. The maximum absolute atomic E-state index is 12.1. The Morgan fingerprint density at radius 2 is 2.00 bits per heavy atom. The molecule has 1 unspecified atom stereocenters. The Labute approximate surface area is 119 Å². The average Bonchev–Trinajstić information content (AvgIpc) is 2.46. The van der Waals surface area contributed by atoms with Crippen LogP contribution in [0.1, 0.15) is 31.1 Å². The summed E-state index contributed by atoms with van der Waals surface area (Å²) in [5.74, 6) is -0.344. The summed E-state index contributed by atoms with van der Waals surface area (Å²) in [4.78, 5) is 23.5. The van der Waals surface area contributed by atoms with E-state index in [0.717, 1.165) is 0 Å². The van der Waals surface area contributed by atoms with E-state index in [0.29, 0.717) is 17.9 Å². The molecule has 1 aromatic carbocycles. The zero-order valence-electron chi connectivity index (χ0n) is 12.3. The van der Waals surface area contributed by atoms with E-state index in [1.165, 1.54) is 7.11 Å². The Morgan fingerprint density at radius 3 is 2.60 bits per heavy atom. The van der Waals surface area contributed by atoms with E-state index < -0.39 is 5.92 Å². The molecule has 0 aliphatic rings. The molecule has 2 atom stereocenters. The van der Waals surface area contributed by atoms with Crippen LogP contribution >= 0.6 is 0 Å². The van der Waals surface area contributed by atoms with Crippen LogP contribution in [0, 0.1) is 5.92 Å². The number of amides is 1. The lowest BCUT2D eigenvalue weighted by Crippen LogP contribution is -2.40. The summed E-state index contributed by atoms with van der Waals surface area (Å²) < 4.78 is 10.0. The van der Waals surface area contributed by atoms with Crippen molar-refractivity contribution in [3.8, 4) is 5.75 Å². The fraction of sp³-hybridized carbons (Fsp3) is 0.467. The molecule has 20 heavy (non-hydrogen) atoms. The minimum absolute atomic E-state index is 0.241. The first kappa shape index (κ1) is 16.0. The number of rotatable bonds is 6. The standard InChI is InChI=1S/C15H21NO4/c1-5-20-13-8-6-7-12(9-13)14(17)16-11(3)10(2)15(18)19-4/h6-11H,5H2,1-4H3,(H,16,17)/t10?,11-/m0/s1. The van der Waals surface area contributed by atoms with Gasteiger partial charge in [0.1, 0.15) is 5.75 Å². The Hall–Kier alpha value is -2.04. The molecule has 0 spiro atoms. The van der Waals surface area contributed by atoms with Gasteiger partial charge in [-0.25, -0.2) is 0 Å². The highest BCUT2D eigenvalue weighted by Crippen LogP contribution is 2.14. The van der Waals surface area contributed by atoms with E-state index in [-0.39, 0.29) is 17.9 Å². The molecule has 0 fully saturated rings. The van der Waals surface area contributed by atoms with E-state index in [1.54, 1.807) is 38.1 Å². The normalized spacial score (nSPS) is 13.2. The van der Waals surface area contributed by atoms with Gasteiger partial charge < -0.3 is 14.8 Å². The Morgan fingerprint density at radius 1 is 1.30 bits per heavy atom. The first-order chi connectivity index (χ1) is 9.49. The molecule has 0 aliphatic carbocycles. The van der Waals surface area contributed by atoms with Crippen LogP contribution in [-0.2, 0) is 9.53 Å². The quantitative estimate of drug-likeness (QED) is 0.809. The zero-order chi connectivity index (χ0) is 15.1. The van der Waals surface area contributed by atoms with E-state index in [2.05, 4.69) is 10.1 Å². The number of esters is 1. The average molecular weight is 279 g/mol. The van der Waals surface area contributed by atoms with Gasteiger partial charge in [0, 0.05) is 11.6 Å². The molecule has 5 nitrogen and oxygen atoms in total. The van der Waals surface area contributed by atoms with Gasteiger partial charge in [-0.05, 0) is 39.0 Å². The van der Waals surface area contributed by atoms with Crippen molar-refractivity contribution in [1.29, 1.82) is 0 Å². The van der Waals surface area contributed by atoms with Gasteiger partial charge in [0.15, 0.2) is 0 Å². The Kier molecular flexibility index (Phi) is 6.03. The molecular formula is C15H21NO4. The van der Waals surface area contributed by atoms with Gasteiger partial charge in [0.2, 0.25) is 0 Å². The summed E-state index contributed by atoms with van der Waals surface area (Å²) in [5, 5.41) is 2.79. The van der Waals surface area contributed by atoms with Gasteiger partial charge in [-0.1, -0.05) is 6.07 Å². The van der Waals surface area contributed by atoms with Gasteiger partial charge in [-0.15, -0.1) is 0 Å². The lowest BCUT2D eigenvalue weighted by Gasteiger charge is -2.19. The van der Waals surface area contributed by atoms with Crippen molar-refractivity contribution in [2.45, 2.75) is 26.8 Å². The largest absolute Gasteiger partial charge is 0.494 e. The van der Waals surface area contributed by atoms with Crippen molar-refractivity contribution in [1.82, 2.24) is 5.32 Å². The van der Waals surface area contributed by atoms with Crippen molar-refractivity contribution < 1.29 is 19.1 Å². The summed E-state index contributed by atoms with van der Waals surface area (Å²) in [5.41, 5.74) is 0.500. The highest BCUT2D eigenvalue weighted by atomic mass is 16.5. The highest BCUT2D eigenvalue weighted by molar-refractivity contribution is 5.95. The summed E-state index contributed by atoms with van der Waals surface area (Å²) in [6.07, 6.45) is 0. The van der Waals surface area contributed by atoms with Crippen molar-refractivity contribution in [3.63, 3.8) is 0 Å². The molecular weight excluding hydrogens is 258 g/mol. The number of ether oxygens (including phenoxy) is 2. The fourth-order valence-corrected chi connectivity index (χ4v) is 1.70. The molecule has 1 N–H and O–H groups in total. The monoisotopic (exact) mass is 279 g/mol. The number of hydrogen-bond donors (Lipinski definition) is 1. The second-order valence-corrected chi connectivity index (χ2v) is 4.53. The van der Waals surface area contributed by atoms with Gasteiger partial charge >= 0.3 is 5.97 Å². The van der Waals surface area contributed by atoms with Crippen LogP contribution in [0.5, 0.6) is 5.75 Å². The number of carbonyl (C=O) groups is 2. The first-order valence-corrected chi connectivity index (χ1v) is 6.61. The van der Waals surface area contributed by atoms with Gasteiger partial charge in [-0.3, -0.25) is 9.59 Å². The third kappa shape index (κ3) is 4.26. The number of nitrogens with one attached hydrogen (secondary N) is 1. The maximum atomic E-state index is 12.1. The van der Waals surface area contributed by atoms with Crippen LogP contribution in [0.15, 0.2) is 24.3 Å². The summed E-state index contributed by atoms with van der Waals surface area (Å²) >= 11 is 0. The molecule has 0 bridgehead atoms. The third-order valence-electron chi connectivity index (χ3n) is 3.09. The fourth-order valence-electron chi connectivity index (χ4n) is 1.70. The van der Waals surface area contributed by atoms with Gasteiger partial charge in [-0.2, -0.15) is 0 Å². The lowest BCUT2D eigenvalue weighted by atomic mass is 10.0. The molecule has 0 saturated heterocycles. The predicted octanol–water partition coefficient (Wildman–Crippen LogP) is 2.01. The van der Waals surface area contributed by atoms with Gasteiger partial charge in [0.25, 0.3) is 5.91 Å². The predicted molar refractivity (Wildman–Crippen MR) is 75.7 cm³/mol. The molecule has 1 rings (SSSR count). The number of methoxy groups -OCH3 is 1. The first-order valence-electron chi connectivity index (χ1n) is 6.61. The number of carbonyl (C=O) groups excluding carboxylic acids is 2. The third-order valence-corrected chi connectivity index (χ3v) is 3.09. The van der Waals surface area contributed by atoms with Crippen LogP contribution in [0.3, 0.4) is 0 Å². The van der Waals surface area contributed by atoms with Crippen molar-refractivity contribution >= 4 is 11.9 Å². The smallest absolute Gasteiger partial charge is 0.310 e. The summed E-state index contributed by atoms with van der Waals surface area (Å²) in [6.45, 7) is 5.91. The summed E-state index contributed by atoms with van der Waals surface area (Å²) in [7, 11) is 1.33. The Bertz CT molecular complexity index is 473. The minimum Gasteiger partial charge on any atom is -0.494 e.